The molecular weight excluding hydrogens is 178 g/mol. The lowest BCUT2D eigenvalue weighted by Crippen LogP contribution is -2.36. The average molecular weight is 192 g/mol. The van der Waals surface area contributed by atoms with Crippen LogP contribution in [0.4, 0.5) is 0 Å². The van der Waals surface area contributed by atoms with Crippen molar-refractivity contribution in [2.45, 2.75) is 19.9 Å². The molecule has 70 valence electrons. The molecule has 0 aromatic carbocycles. The van der Waals surface area contributed by atoms with Gasteiger partial charge < -0.3 is 5.11 Å². The van der Waals surface area contributed by atoms with Crippen molar-refractivity contribution in [2.75, 3.05) is 13.6 Å². The predicted octanol–water partition coefficient (Wildman–Crippen LogP) is 1.53. The zero-order chi connectivity index (χ0) is 9.72. The largest absolute Gasteiger partial charge is 0.480 e. The topological polar surface area (TPSA) is 40.5 Å². The molecule has 0 fully saturated rings. The molecule has 0 amide bonds. The third-order valence-electron chi connectivity index (χ3n) is 1.70. The molecule has 12 heavy (non-hydrogen) atoms. The highest BCUT2D eigenvalue weighted by molar-refractivity contribution is 6.25. The minimum absolute atomic E-state index is 0.475. The molecule has 4 heteroatoms. The number of aliphatic carboxylic acids is 1. The zero-order valence-electron chi connectivity index (χ0n) is 7.54. The van der Waals surface area contributed by atoms with E-state index in [4.69, 9.17) is 16.7 Å². The molecule has 0 aromatic heterocycles. The number of rotatable bonds is 4. The predicted molar refractivity (Wildman–Crippen MR) is 49.3 cm³/mol. The third kappa shape index (κ3) is 3.74. The van der Waals surface area contributed by atoms with E-state index in [0.29, 0.717) is 6.54 Å². The fourth-order valence-electron chi connectivity index (χ4n) is 0.753. The Labute approximate surface area is 77.6 Å². The van der Waals surface area contributed by atoms with Crippen LogP contribution in [0, 0.1) is 0 Å². The quantitative estimate of drug-likeness (QED) is 0.733. The van der Waals surface area contributed by atoms with Gasteiger partial charge in [0.2, 0.25) is 0 Å². The molecule has 0 rings (SSSR count). The molecule has 1 unspecified atom stereocenters. The number of nitrogens with zero attached hydrogens (tertiary/aromatic N) is 1. The number of hydrogen-bond acceptors (Lipinski definition) is 2. The van der Waals surface area contributed by atoms with Gasteiger partial charge in [-0.1, -0.05) is 11.6 Å². The number of likely N-dealkylation sites (N-methyl/N-ethyl adjacent to an activating group) is 1. The first kappa shape index (κ1) is 11.5. The number of hydrogen-bond donors (Lipinski definition) is 1. The molecule has 1 N–H and O–H groups in total. The van der Waals surface area contributed by atoms with Crippen molar-refractivity contribution in [1.29, 1.82) is 0 Å². The second-order valence-corrected chi connectivity index (χ2v) is 3.10. The Hall–Kier alpha value is -0.540. The van der Waals surface area contributed by atoms with Crippen molar-refractivity contribution in [1.82, 2.24) is 4.90 Å². The summed E-state index contributed by atoms with van der Waals surface area (Å²) in [6.07, 6.45) is 0. The van der Waals surface area contributed by atoms with Gasteiger partial charge in [0.05, 0.1) is 0 Å². The normalized spacial score (nSPS) is 14.9. The van der Waals surface area contributed by atoms with E-state index in [2.05, 4.69) is 0 Å². The van der Waals surface area contributed by atoms with Gasteiger partial charge >= 0.3 is 5.97 Å². The molecule has 0 spiro atoms. The first-order valence-corrected chi connectivity index (χ1v) is 4.11. The zero-order valence-corrected chi connectivity index (χ0v) is 8.30. The summed E-state index contributed by atoms with van der Waals surface area (Å²) in [6, 6.07) is -0.475. The van der Waals surface area contributed by atoms with E-state index in [1.54, 1.807) is 18.9 Å². The summed E-state index contributed by atoms with van der Waals surface area (Å²) in [5.74, 6) is -0.820. The van der Waals surface area contributed by atoms with E-state index in [9.17, 15) is 4.79 Å². The summed E-state index contributed by atoms with van der Waals surface area (Å²) in [6.45, 7) is 4.08. The molecule has 0 radical (unpaired) electrons. The maximum absolute atomic E-state index is 10.5. The lowest BCUT2D eigenvalue weighted by molar-refractivity contribution is -0.141. The lowest BCUT2D eigenvalue weighted by Gasteiger charge is -2.20. The Bertz CT molecular complexity index is 191. The Morgan fingerprint density at radius 1 is 1.75 bits per heavy atom. The average Bonchev–Trinajstić information content (AvgIpc) is 2.02. The summed E-state index contributed by atoms with van der Waals surface area (Å²) < 4.78 is 0. The minimum Gasteiger partial charge on any atom is -0.480 e. The van der Waals surface area contributed by atoms with Gasteiger partial charge in [-0.05, 0) is 26.5 Å². The molecule has 0 saturated heterocycles. The number of carboxylic acids is 1. The Morgan fingerprint density at radius 2 is 2.25 bits per heavy atom. The van der Waals surface area contributed by atoms with Gasteiger partial charge in [0.25, 0.3) is 0 Å². The Balaban J connectivity index is 4.03. The highest BCUT2D eigenvalue weighted by Crippen LogP contribution is 2.02. The van der Waals surface area contributed by atoms with Gasteiger partial charge in [-0.15, -0.1) is 0 Å². The van der Waals surface area contributed by atoms with Crippen LogP contribution in [0.2, 0.25) is 0 Å². The van der Waals surface area contributed by atoms with E-state index >= 15 is 0 Å². The highest BCUT2D eigenvalue weighted by atomic mass is 35.5. The van der Waals surface area contributed by atoms with E-state index in [-0.39, 0.29) is 0 Å². The fourth-order valence-corrected chi connectivity index (χ4v) is 0.822. The van der Waals surface area contributed by atoms with Crippen molar-refractivity contribution in [2.24, 2.45) is 0 Å². The van der Waals surface area contributed by atoms with Crippen LogP contribution in [0.25, 0.3) is 0 Å². The molecule has 0 heterocycles. The maximum atomic E-state index is 10.5. The van der Waals surface area contributed by atoms with Crippen LogP contribution in [0.15, 0.2) is 11.1 Å². The summed E-state index contributed by atoms with van der Waals surface area (Å²) in [5.41, 5.74) is 2.41. The number of carboxylic acid groups (broad SMARTS) is 1. The second kappa shape index (κ2) is 5.17. The van der Waals surface area contributed by atoms with Gasteiger partial charge in [0, 0.05) is 12.1 Å². The van der Waals surface area contributed by atoms with Crippen molar-refractivity contribution in [3.8, 4) is 0 Å². The first-order chi connectivity index (χ1) is 5.49. The van der Waals surface area contributed by atoms with Crippen LogP contribution in [0.3, 0.4) is 0 Å². The summed E-state index contributed by atoms with van der Waals surface area (Å²) >= 11 is 5.44. The smallest absolute Gasteiger partial charge is 0.320 e. The van der Waals surface area contributed by atoms with Gasteiger partial charge in [-0.3, -0.25) is 9.69 Å². The second-order valence-electron chi connectivity index (χ2n) is 2.88. The van der Waals surface area contributed by atoms with E-state index in [0.717, 1.165) is 5.57 Å². The van der Waals surface area contributed by atoms with E-state index in [1.165, 1.54) is 5.54 Å². The SMILES string of the molecule is CC(=CCl)CN(C)C(C)C(=O)O. The standard InChI is InChI=1S/C8H14ClNO2/c1-6(4-9)5-10(3)7(2)8(11)12/h4,7H,5H2,1-3H3,(H,11,12). The van der Waals surface area contributed by atoms with Gasteiger partial charge in [-0.25, -0.2) is 0 Å². The molecule has 0 bridgehead atoms. The first-order valence-electron chi connectivity index (χ1n) is 3.68. The molecule has 0 aliphatic rings. The highest BCUT2D eigenvalue weighted by Gasteiger charge is 2.15. The minimum atomic E-state index is -0.820. The van der Waals surface area contributed by atoms with Crippen LogP contribution in [0.5, 0.6) is 0 Å². The van der Waals surface area contributed by atoms with Crippen LogP contribution >= 0.6 is 11.6 Å². The molecule has 3 nitrogen and oxygen atoms in total. The van der Waals surface area contributed by atoms with Crippen molar-refractivity contribution < 1.29 is 9.90 Å². The summed E-state index contributed by atoms with van der Waals surface area (Å²) in [7, 11) is 1.75. The van der Waals surface area contributed by atoms with Crippen LogP contribution in [-0.2, 0) is 4.79 Å². The van der Waals surface area contributed by atoms with Gasteiger partial charge in [0.15, 0.2) is 0 Å². The van der Waals surface area contributed by atoms with Crippen LogP contribution in [-0.4, -0.2) is 35.6 Å². The Kier molecular flexibility index (Phi) is 4.93. The third-order valence-corrected chi connectivity index (χ3v) is 2.08. The molecule has 0 aliphatic heterocycles. The van der Waals surface area contributed by atoms with Crippen LogP contribution in [0.1, 0.15) is 13.8 Å². The lowest BCUT2D eigenvalue weighted by atomic mass is 10.2. The molecule has 1 atom stereocenters. The summed E-state index contributed by atoms with van der Waals surface area (Å²) in [4.78, 5) is 12.2. The molecule has 0 saturated carbocycles. The van der Waals surface area contributed by atoms with Gasteiger partial charge in [-0.2, -0.15) is 0 Å². The molecule has 0 aromatic rings. The maximum Gasteiger partial charge on any atom is 0.320 e. The Morgan fingerprint density at radius 3 is 2.58 bits per heavy atom. The number of carbonyl (C=O) groups is 1. The summed E-state index contributed by atoms with van der Waals surface area (Å²) in [5, 5.41) is 8.64. The van der Waals surface area contributed by atoms with Gasteiger partial charge in [0.1, 0.15) is 6.04 Å². The van der Waals surface area contributed by atoms with Crippen LogP contribution < -0.4 is 0 Å². The fraction of sp³-hybridized carbons (Fsp3) is 0.625. The van der Waals surface area contributed by atoms with Crippen molar-refractivity contribution in [3.05, 3.63) is 11.1 Å². The van der Waals surface area contributed by atoms with E-state index in [1.807, 2.05) is 6.92 Å². The van der Waals surface area contributed by atoms with Crippen molar-refractivity contribution in [3.63, 3.8) is 0 Å². The van der Waals surface area contributed by atoms with Crippen molar-refractivity contribution >= 4 is 17.6 Å². The van der Waals surface area contributed by atoms with E-state index < -0.39 is 12.0 Å². The molecular formula is C8H14ClNO2. The number of halogens is 1. The monoisotopic (exact) mass is 191 g/mol. The molecule has 0 aliphatic carbocycles.